The molecule has 0 saturated heterocycles. The Kier molecular flexibility index (Phi) is 7.15. The van der Waals surface area contributed by atoms with Crippen LogP contribution in [0.5, 0.6) is 0 Å². The molecule has 1 aromatic carbocycles. The van der Waals surface area contributed by atoms with Gasteiger partial charge in [-0.25, -0.2) is 0 Å². The SMILES string of the molecule is CCc1ccc(NC(=O)CSC(C)CC(=O)OC)cc1. The third kappa shape index (κ3) is 6.10. The molecule has 0 aromatic heterocycles. The third-order valence-electron chi connectivity index (χ3n) is 2.83. The van der Waals surface area contributed by atoms with Gasteiger partial charge in [0, 0.05) is 10.9 Å². The summed E-state index contributed by atoms with van der Waals surface area (Å²) >= 11 is 1.44. The van der Waals surface area contributed by atoms with E-state index in [2.05, 4.69) is 17.0 Å². The van der Waals surface area contributed by atoms with E-state index in [1.54, 1.807) is 0 Å². The van der Waals surface area contributed by atoms with Crippen LogP contribution in [0, 0.1) is 0 Å². The van der Waals surface area contributed by atoms with Gasteiger partial charge >= 0.3 is 5.97 Å². The van der Waals surface area contributed by atoms with Crippen LogP contribution in [0.2, 0.25) is 0 Å². The van der Waals surface area contributed by atoms with Gasteiger partial charge in [-0.15, -0.1) is 11.8 Å². The molecule has 1 aromatic rings. The van der Waals surface area contributed by atoms with Crippen LogP contribution in [-0.4, -0.2) is 30.0 Å². The number of thioether (sulfide) groups is 1. The van der Waals surface area contributed by atoms with Crippen molar-refractivity contribution in [1.29, 1.82) is 0 Å². The van der Waals surface area contributed by atoms with Crippen molar-refractivity contribution in [2.75, 3.05) is 18.2 Å². The van der Waals surface area contributed by atoms with Gasteiger partial charge in [-0.1, -0.05) is 26.0 Å². The predicted octanol–water partition coefficient (Wildman–Crippen LogP) is 2.87. The van der Waals surface area contributed by atoms with Crippen LogP contribution >= 0.6 is 11.8 Å². The number of rotatable bonds is 7. The third-order valence-corrected chi connectivity index (χ3v) is 3.99. The molecule has 0 bridgehead atoms. The fourth-order valence-corrected chi connectivity index (χ4v) is 2.38. The zero-order valence-corrected chi connectivity index (χ0v) is 13.0. The molecule has 0 aliphatic heterocycles. The number of aryl methyl sites for hydroxylation is 1. The second-order valence-corrected chi connectivity index (χ2v) is 5.93. The number of anilines is 1. The Balaban J connectivity index is 2.34. The van der Waals surface area contributed by atoms with Crippen LogP contribution in [0.3, 0.4) is 0 Å². The number of amides is 1. The van der Waals surface area contributed by atoms with E-state index in [1.807, 2.05) is 31.2 Å². The maximum Gasteiger partial charge on any atom is 0.306 e. The molecule has 1 N–H and O–H groups in total. The Morgan fingerprint density at radius 3 is 2.50 bits per heavy atom. The molecule has 0 saturated carbocycles. The van der Waals surface area contributed by atoms with Crippen molar-refractivity contribution in [3.63, 3.8) is 0 Å². The van der Waals surface area contributed by atoms with E-state index in [1.165, 1.54) is 24.4 Å². The fraction of sp³-hybridized carbons (Fsp3) is 0.467. The number of hydrogen-bond acceptors (Lipinski definition) is 4. The van der Waals surface area contributed by atoms with Gasteiger partial charge in [0.1, 0.15) is 0 Å². The molecule has 0 aliphatic rings. The van der Waals surface area contributed by atoms with E-state index in [9.17, 15) is 9.59 Å². The summed E-state index contributed by atoms with van der Waals surface area (Å²) in [6.45, 7) is 4.00. The highest BCUT2D eigenvalue weighted by Gasteiger charge is 2.11. The quantitative estimate of drug-likeness (QED) is 0.786. The topological polar surface area (TPSA) is 55.4 Å². The van der Waals surface area contributed by atoms with E-state index in [0.29, 0.717) is 12.2 Å². The monoisotopic (exact) mass is 295 g/mol. The second-order valence-electron chi connectivity index (χ2n) is 4.50. The highest BCUT2D eigenvalue weighted by Crippen LogP contribution is 2.16. The Morgan fingerprint density at radius 2 is 1.95 bits per heavy atom. The minimum Gasteiger partial charge on any atom is -0.469 e. The first-order valence-electron chi connectivity index (χ1n) is 6.62. The minimum absolute atomic E-state index is 0.0593. The van der Waals surface area contributed by atoms with Gasteiger partial charge in [0.25, 0.3) is 0 Å². The Hall–Kier alpha value is -1.49. The van der Waals surface area contributed by atoms with Crippen LogP contribution < -0.4 is 5.32 Å². The molecule has 1 amide bonds. The summed E-state index contributed by atoms with van der Waals surface area (Å²) in [6, 6.07) is 7.81. The molecular formula is C15H21NO3S. The number of carbonyl (C=O) groups is 2. The van der Waals surface area contributed by atoms with Crippen molar-refractivity contribution in [3.8, 4) is 0 Å². The zero-order valence-electron chi connectivity index (χ0n) is 12.1. The van der Waals surface area contributed by atoms with Crippen molar-refractivity contribution < 1.29 is 14.3 Å². The Morgan fingerprint density at radius 1 is 1.30 bits per heavy atom. The molecule has 110 valence electrons. The normalized spacial score (nSPS) is 11.8. The number of esters is 1. The van der Waals surface area contributed by atoms with Crippen LogP contribution in [0.4, 0.5) is 5.69 Å². The molecule has 1 rings (SSSR count). The lowest BCUT2D eigenvalue weighted by molar-refractivity contribution is -0.140. The smallest absolute Gasteiger partial charge is 0.306 e. The van der Waals surface area contributed by atoms with E-state index >= 15 is 0 Å². The lowest BCUT2D eigenvalue weighted by atomic mass is 10.1. The van der Waals surface area contributed by atoms with E-state index in [0.717, 1.165) is 12.1 Å². The first kappa shape index (κ1) is 16.6. The number of nitrogens with one attached hydrogen (secondary N) is 1. The number of carbonyl (C=O) groups excluding carboxylic acids is 2. The molecule has 4 nitrogen and oxygen atoms in total. The summed E-state index contributed by atoms with van der Waals surface area (Å²) in [5.41, 5.74) is 2.04. The fourth-order valence-electron chi connectivity index (χ4n) is 1.62. The van der Waals surface area contributed by atoms with E-state index in [4.69, 9.17) is 0 Å². The lowest BCUT2D eigenvalue weighted by Gasteiger charge is -2.10. The highest BCUT2D eigenvalue weighted by atomic mass is 32.2. The van der Waals surface area contributed by atoms with Gasteiger partial charge in [0.2, 0.25) is 5.91 Å². The first-order chi connectivity index (χ1) is 9.55. The van der Waals surface area contributed by atoms with Gasteiger partial charge in [-0.2, -0.15) is 0 Å². The number of ether oxygens (including phenoxy) is 1. The van der Waals surface area contributed by atoms with Crippen LogP contribution in [0.15, 0.2) is 24.3 Å². The van der Waals surface area contributed by atoms with Gasteiger partial charge in [0.15, 0.2) is 0 Å². The first-order valence-corrected chi connectivity index (χ1v) is 7.67. The average molecular weight is 295 g/mol. The van der Waals surface area contributed by atoms with E-state index < -0.39 is 0 Å². The maximum atomic E-state index is 11.8. The number of benzene rings is 1. The van der Waals surface area contributed by atoms with Crippen molar-refractivity contribution in [2.45, 2.75) is 31.9 Å². The molecule has 0 heterocycles. The summed E-state index contributed by atoms with van der Waals surface area (Å²) in [7, 11) is 1.37. The minimum atomic E-state index is -0.249. The zero-order chi connectivity index (χ0) is 15.0. The van der Waals surface area contributed by atoms with Crippen LogP contribution in [0.25, 0.3) is 0 Å². The predicted molar refractivity (Wildman–Crippen MR) is 83.0 cm³/mol. The molecule has 0 spiro atoms. The molecule has 1 atom stereocenters. The van der Waals surface area contributed by atoms with Gasteiger partial charge in [-0.05, 0) is 24.1 Å². The average Bonchev–Trinajstić information content (AvgIpc) is 2.45. The van der Waals surface area contributed by atoms with Crippen LogP contribution in [-0.2, 0) is 20.7 Å². The van der Waals surface area contributed by atoms with Crippen LogP contribution in [0.1, 0.15) is 25.8 Å². The van der Waals surface area contributed by atoms with Gasteiger partial charge in [0.05, 0.1) is 19.3 Å². The largest absolute Gasteiger partial charge is 0.469 e. The second kappa shape index (κ2) is 8.64. The number of hydrogen-bond donors (Lipinski definition) is 1. The highest BCUT2D eigenvalue weighted by molar-refractivity contribution is 8.00. The maximum absolute atomic E-state index is 11.8. The molecule has 5 heteroatoms. The molecule has 0 radical (unpaired) electrons. The van der Waals surface area contributed by atoms with Crippen molar-refractivity contribution in [3.05, 3.63) is 29.8 Å². The molecule has 0 fully saturated rings. The molecule has 0 aliphatic carbocycles. The van der Waals surface area contributed by atoms with Crippen molar-refractivity contribution >= 4 is 29.3 Å². The summed E-state index contributed by atoms with van der Waals surface area (Å²) in [5.74, 6) is 0.0183. The summed E-state index contributed by atoms with van der Waals surface area (Å²) < 4.78 is 4.59. The summed E-state index contributed by atoms with van der Waals surface area (Å²) in [4.78, 5) is 22.9. The van der Waals surface area contributed by atoms with Crippen molar-refractivity contribution in [1.82, 2.24) is 0 Å². The lowest BCUT2D eigenvalue weighted by Crippen LogP contribution is -2.17. The van der Waals surface area contributed by atoms with Gasteiger partial charge < -0.3 is 10.1 Å². The van der Waals surface area contributed by atoms with Gasteiger partial charge in [-0.3, -0.25) is 9.59 Å². The van der Waals surface area contributed by atoms with Crippen molar-refractivity contribution in [2.24, 2.45) is 0 Å². The Bertz CT molecular complexity index is 445. The summed E-state index contributed by atoms with van der Waals surface area (Å²) in [6.07, 6.45) is 1.30. The molecular weight excluding hydrogens is 274 g/mol. The molecule has 1 unspecified atom stereocenters. The standard InChI is InChI=1S/C15H21NO3S/c1-4-12-5-7-13(8-6-12)16-14(17)10-20-11(2)9-15(18)19-3/h5-8,11H,4,9-10H2,1-3H3,(H,16,17). The Labute approximate surface area is 124 Å². The number of methoxy groups -OCH3 is 1. The van der Waals surface area contributed by atoms with E-state index in [-0.39, 0.29) is 17.1 Å². The molecule has 20 heavy (non-hydrogen) atoms. The summed E-state index contributed by atoms with van der Waals surface area (Å²) in [5, 5.41) is 2.91.